The van der Waals surface area contributed by atoms with Gasteiger partial charge in [-0.1, -0.05) is 13.8 Å². The second-order valence-electron chi connectivity index (χ2n) is 5.51. The summed E-state index contributed by atoms with van der Waals surface area (Å²) in [7, 11) is 1.96. The lowest BCUT2D eigenvalue weighted by atomic mass is 10.1. The Morgan fingerprint density at radius 2 is 2.11 bits per heavy atom. The zero-order chi connectivity index (χ0) is 13.3. The normalized spacial score (nSPS) is 19.9. The van der Waals surface area contributed by atoms with Crippen LogP contribution in [-0.2, 0) is 13.7 Å². The van der Waals surface area contributed by atoms with E-state index in [4.69, 9.17) is 0 Å². The van der Waals surface area contributed by atoms with Gasteiger partial charge in [0.05, 0.1) is 12.3 Å². The molecule has 0 radical (unpaired) electrons. The van der Waals surface area contributed by atoms with Crippen LogP contribution < -0.4 is 4.90 Å². The molecule has 0 unspecified atom stereocenters. The van der Waals surface area contributed by atoms with E-state index in [2.05, 4.69) is 23.8 Å². The third-order valence-electron chi connectivity index (χ3n) is 3.61. The third-order valence-corrected chi connectivity index (χ3v) is 4.98. The summed E-state index contributed by atoms with van der Waals surface area (Å²) in [6.45, 7) is 8.71. The van der Waals surface area contributed by atoms with Crippen molar-refractivity contribution in [1.29, 1.82) is 0 Å². The topological polar surface area (TPSA) is 41.3 Å². The number of aliphatic hydroxyl groups is 1. The van der Waals surface area contributed by atoms with Crippen molar-refractivity contribution in [1.82, 2.24) is 9.78 Å². The fraction of sp³-hybridized carbons (Fsp3) is 0.769. The van der Waals surface area contributed by atoms with Gasteiger partial charge < -0.3 is 10.0 Å². The van der Waals surface area contributed by atoms with Crippen LogP contribution in [0.25, 0.3) is 0 Å². The smallest absolute Gasteiger partial charge is 0.132 e. The van der Waals surface area contributed by atoms with E-state index in [1.54, 1.807) is 0 Å². The monoisotopic (exact) mass is 269 g/mol. The number of thioether (sulfide) groups is 1. The lowest BCUT2D eigenvalue weighted by Gasteiger charge is -2.25. The number of hydrogen-bond acceptors (Lipinski definition) is 4. The van der Waals surface area contributed by atoms with Gasteiger partial charge in [-0.2, -0.15) is 16.9 Å². The lowest BCUT2D eigenvalue weighted by molar-refractivity contribution is 0.281. The zero-order valence-electron chi connectivity index (χ0n) is 11.7. The Kier molecular flexibility index (Phi) is 3.92. The molecule has 1 fully saturated rings. The minimum atomic E-state index is 0.0715. The summed E-state index contributed by atoms with van der Waals surface area (Å²) >= 11 is 2.03. The summed E-state index contributed by atoms with van der Waals surface area (Å²) < 4.78 is 2.26. The van der Waals surface area contributed by atoms with Crippen molar-refractivity contribution in [2.24, 2.45) is 7.05 Å². The molecule has 0 spiro atoms. The van der Waals surface area contributed by atoms with Crippen LogP contribution in [-0.4, -0.2) is 38.5 Å². The van der Waals surface area contributed by atoms with E-state index in [1.165, 1.54) is 0 Å². The van der Waals surface area contributed by atoms with Gasteiger partial charge in [0.15, 0.2) is 0 Å². The number of aromatic nitrogens is 2. The SMILES string of the molecule is Cc1nn(C)c(N2CCSC(C)(C)CC2)c1CO. The van der Waals surface area contributed by atoms with E-state index in [1.807, 2.05) is 30.4 Å². The van der Waals surface area contributed by atoms with Crippen molar-refractivity contribution in [3.8, 4) is 0 Å². The Bertz CT molecular complexity index is 428. The number of aliphatic hydroxyl groups excluding tert-OH is 1. The summed E-state index contributed by atoms with van der Waals surface area (Å²) in [6, 6.07) is 0. The summed E-state index contributed by atoms with van der Waals surface area (Å²) in [4.78, 5) is 2.37. The maximum Gasteiger partial charge on any atom is 0.132 e. The van der Waals surface area contributed by atoms with Crippen molar-refractivity contribution in [3.63, 3.8) is 0 Å². The second kappa shape index (κ2) is 5.13. The molecule has 5 heteroatoms. The average Bonchev–Trinajstić information content (AvgIpc) is 2.45. The van der Waals surface area contributed by atoms with Crippen LogP contribution in [0.5, 0.6) is 0 Å². The van der Waals surface area contributed by atoms with Gasteiger partial charge in [0.1, 0.15) is 5.82 Å². The van der Waals surface area contributed by atoms with Crippen LogP contribution in [0.3, 0.4) is 0 Å². The van der Waals surface area contributed by atoms with E-state index in [9.17, 15) is 5.11 Å². The van der Waals surface area contributed by atoms with Gasteiger partial charge in [-0.15, -0.1) is 0 Å². The Morgan fingerprint density at radius 1 is 1.39 bits per heavy atom. The molecule has 0 bridgehead atoms. The molecule has 0 aliphatic carbocycles. The molecule has 0 atom stereocenters. The van der Waals surface area contributed by atoms with Crippen molar-refractivity contribution in [2.75, 3.05) is 23.7 Å². The van der Waals surface area contributed by atoms with Gasteiger partial charge in [-0.3, -0.25) is 4.68 Å². The fourth-order valence-electron chi connectivity index (χ4n) is 2.50. The fourth-order valence-corrected chi connectivity index (χ4v) is 3.60. The summed E-state index contributed by atoms with van der Waals surface area (Å²) in [5.41, 5.74) is 1.91. The first kappa shape index (κ1) is 13.7. The first-order chi connectivity index (χ1) is 8.44. The van der Waals surface area contributed by atoms with E-state index >= 15 is 0 Å². The highest BCUT2D eigenvalue weighted by Crippen LogP contribution is 2.33. The van der Waals surface area contributed by atoms with E-state index in [0.717, 1.165) is 42.3 Å². The molecule has 1 aliphatic rings. The first-order valence-electron chi connectivity index (χ1n) is 6.47. The zero-order valence-corrected chi connectivity index (χ0v) is 12.5. The Hall–Kier alpha value is -0.680. The third kappa shape index (κ3) is 2.67. The highest BCUT2D eigenvalue weighted by Gasteiger charge is 2.26. The molecule has 1 aliphatic heterocycles. The standard InChI is InChI=1S/C13H23N3OS/c1-10-11(9-17)12(15(4)14-10)16-6-5-13(2,3)18-8-7-16/h17H,5-9H2,1-4H3. The highest BCUT2D eigenvalue weighted by molar-refractivity contribution is 8.00. The molecule has 1 aromatic rings. The predicted molar refractivity (Wildman–Crippen MR) is 77.2 cm³/mol. The quantitative estimate of drug-likeness (QED) is 0.891. The molecule has 4 nitrogen and oxygen atoms in total. The molecule has 2 rings (SSSR count). The van der Waals surface area contributed by atoms with Crippen molar-refractivity contribution in [2.45, 2.75) is 38.5 Å². The molecule has 1 aromatic heterocycles. The number of aryl methyl sites for hydroxylation is 2. The van der Waals surface area contributed by atoms with Crippen LogP contribution in [0, 0.1) is 6.92 Å². The average molecular weight is 269 g/mol. The van der Waals surface area contributed by atoms with Crippen LogP contribution in [0.15, 0.2) is 0 Å². The van der Waals surface area contributed by atoms with Gasteiger partial charge in [0, 0.05) is 36.2 Å². The lowest BCUT2D eigenvalue weighted by Crippen LogP contribution is -2.29. The molecule has 18 heavy (non-hydrogen) atoms. The van der Waals surface area contributed by atoms with Gasteiger partial charge in [0.25, 0.3) is 0 Å². The van der Waals surface area contributed by atoms with Crippen molar-refractivity contribution in [3.05, 3.63) is 11.3 Å². The molecular weight excluding hydrogens is 246 g/mol. The van der Waals surface area contributed by atoms with Gasteiger partial charge in [-0.25, -0.2) is 0 Å². The van der Waals surface area contributed by atoms with Crippen LogP contribution in [0.4, 0.5) is 5.82 Å². The first-order valence-corrected chi connectivity index (χ1v) is 7.45. The molecule has 1 saturated heterocycles. The van der Waals surface area contributed by atoms with E-state index in [-0.39, 0.29) is 6.61 Å². The maximum atomic E-state index is 9.53. The van der Waals surface area contributed by atoms with Gasteiger partial charge in [0.2, 0.25) is 0 Å². The van der Waals surface area contributed by atoms with Crippen molar-refractivity contribution >= 4 is 17.6 Å². The minimum Gasteiger partial charge on any atom is -0.391 e. The number of rotatable bonds is 2. The van der Waals surface area contributed by atoms with Crippen LogP contribution in [0.1, 0.15) is 31.5 Å². The van der Waals surface area contributed by atoms with E-state index < -0.39 is 0 Å². The second-order valence-corrected chi connectivity index (χ2v) is 7.32. The molecule has 2 heterocycles. The molecule has 0 amide bonds. The van der Waals surface area contributed by atoms with Crippen LogP contribution >= 0.6 is 11.8 Å². The highest BCUT2D eigenvalue weighted by atomic mass is 32.2. The summed E-state index contributed by atoms with van der Waals surface area (Å²) in [5.74, 6) is 2.22. The van der Waals surface area contributed by atoms with Gasteiger partial charge in [-0.05, 0) is 13.3 Å². The van der Waals surface area contributed by atoms with Gasteiger partial charge >= 0.3 is 0 Å². The molecule has 102 valence electrons. The number of anilines is 1. The van der Waals surface area contributed by atoms with E-state index in [0.29, 0.717) is 4.75 Å². The Balaban J connectivity index is 2.26. The predicted octanol–water partition coefficient (Wildman–Crippen LogP) is 1.94. The maximum absolute atomic E-state index is 9.53. The summed E-state index contributed by atoms with van der Waals surface area (Å²) in [6.07, 6.45) is 1.16. The van der Waals surface area contributed by atoms with Crippen molar-refractivity contribution < 1.29 is 5.11 Å². The number of hydrogen-bond donors (Lipinski definition) is 1. The minimum absolute atomic E-state index is 0.0715. The molecule has 0 aromatic carbocycles. The summed E-state index contributed by atoms with van der Waals surface area (Å²) in [5, 5.41) is 14.0. The molecule has 0 saturated carbocycles. The molecular formula is C13H23N3OS. The molecule has 1 N–H and O–H groups in total. The largest absolute Gasteiger partial charge is 0.391 e. The van der Waals surface area contributed by atoms with Crippen LogP contribution in [0.2, 0.25) is 0 Å². The Labute approximate surface area is 113 Å². The number of nitrogens with zero attached hydrogens (tertiary/aromatic N) is 3. The Morgan fingerprint density at radius 3 is 2.78 bits per heavy atom.